The number of urea groups is 1. The number of ether oxygens (including phenoxy) is 2. The number of benzene rings is 2. The topological polar surface area (TPSA) is 63.2 Å². The van der Waals surface area contributed by atoms with Crippen molar-refractivity contribution in [2.24, 2.45) is 5.10 Å². The number of carbonyl (C=O) groups excluding carboxylic acids is 1. The number of nitrogens with zero attached hydrogens (tertiary/aromatic N) is 2. The summed E-state index contributed by atoms with van der Waals surface area (Å²) in [6, 6.07) is 11.9. The van der Waals surface area contributed by atoms with Crippen LogP contribution in [0.25, 0.3) is 0 Å². The van der Waals surface area contributed by atoms with Crippen molar-refractivity contribution < 1.29 is 14.3 Å². The van der Waals surface area contributed by atoms with Crippen molar-refractivity contribution in [3.8, 4) is 11.5 Å². The van der Waals surface area contributed by atoms with Crippen molar-refractivity contribution in [2.75, 3.05) is 26.6 Å². The summed E-state index contributed by atoms with van der Waals surface area (Å²) in [6.07, 6.45) is 1.56. The Morgan fingerprint density at radius 3 is 2.58 bits per heavy atom. The van der Waals surface area contributed by atoms with Gasteiger partial charge in [0.1, 0.15) is 0 Å². The van der Waals surface area contributed by atoms with Crippen LogP contribution < -0.4 is 14.8 Å². The minimum atomic E-state index is -0.381. The molecule has 0 aliphatic heterocycles. The number of halogens is 1. The second-order valence-corrected chi connectivity index (χ2v) is 5.26. The van der Waals surface area contributed by atoms with Crippen molar-refractivity contribution in [3.05, 3.63) is 53.1 Å². The van der Waals surface area contributed by atoms with Gasteiger partial charge >= 0.3 is 6.03 Å². The molecule has 6 nitrogen and oxygen atoms in total. The third-order valence-electron chi connectivity index (χ3n) is 3.16. The molecule has 0 fully saturated rings. The summed E-state index contributed by atoms with van der Waals surface area (Å²) in [5, 5.41) is 8.55. The molecule has 0 spiro atoms. The Bertz CT molecular complexity index is 750. The molecule has 2 amide bonds. The van der Waals surface area contributed by atoms with E-state index in [1.807, 2.05) is 6.07 Å². The Morgan fingerprint density at radius 1 is 1.17 bits per heavy atom. The molecule has 24 heavy (non-hydrogen) atoms. The summed E-state index contributed by atoms with van der Waals surface area (Å²) in [6.45, 7) is 0. The van der Waals surface area contributed by atoms with Crippen LogP contribution in [0.1, 0.15) is 5.56 Å². The van der Waals surface area contributed by atoms with Gasteiger partial charge in [-0.15, -0.1) is 0 Å². The van der Waals surface area contributed by atoms with E-state index in [-0.39, 0.29) is 6.03 Å². The van der Waals surface area contributed by atoms with Crippen LogP contribution in [-0.4, -0.2) is 38.5 Å². The molecule has 1 N–H and O–H groups in total. The summed E-state index contributed by atoms with van der Waals surface area (Å²) < 4.78 is 10.4. The van der Waals surface area contributed by atoms with Gasteiger partial charge in [0.05, 0.1) is 20.4 Å². The number of nitrogens with one attached hydrogen (secondary N) is 1. The van der Waals surface area contributed by atoms with Crippen LogP contribution in [0.15, 0.2) is 47.6 Å². The number of anilines is 1. The highest BCUT2D eigenvalue weighted by Gasteiger charge is 2.08. The predicted octanol–water partition coefficient (Wildman–Crippen LogP) is 3.86. The maximum absolute atomic E-state index is 12.1. The number of carbonyl (C=O) groups is 1. The highest BCUT2D eigenvalue weighted by molar-refractivity contribution is 6.30. The third kappa shape index (κ3) is 4.63. The van der Waals surface area contributed by atoms with Crippen LogP contribution in [-0.2, 0) is 0 Å². The standard InChI is InChI=1S/C17H18ClN3O3/c1-21(17(22)20-14-6-4-5-13(18)10-14)19-11-12-7-8-15(23-2)16(9-12)24-3/h4-11H,1-3H3,(H,20,22)/b19-11+. The van der Waals surface area contributed by atoms with Crippen LogP contribution in [0.5, 0.6) is 11.5 Å². The molecule has 0 aliphatic rings. The minimum Gasteiger partial charge on any atom is -0.493 e. The van der Waals surface area contributed by atoms with E-state index in [0.717, 1.165) is 5.56 Å². The lowest BCUT2D eigenvalue weighted by Gasteiger charge is -2.13. The maximum Gasteiger partial charge on any atom is 0.341 e. The molecule has 7 heteroatoms. The van der Waals surface area contributed by atoms with Gasteiger partial charge in [-0.2, -0.15) is 5.10 Å². The summed E-state index contributed by atoms with van der Waals surface area (Å²) in [7, 11) is 4.68. The number of hydrazone groups is 1. The SMILES string of the molecule is COc1ccc(/C=N/N(C)C(=O)Nc2cccc(Cl)c2)cc1OC. The zero-order valence-electron chi connectivity index (χ0n) is 13.6. The largest absolute Gasteiger partial charge is 0.493 e. The molecule has 2 aromatic carbocycles. The fourth-order valence-electron chi connectivity index (χ4n) is 1.91. The summed E-state index contributed by atoms with van der Waals surface area (Å²) in [4.78, 5) is 12.1. The van der Waals surface area contributed by atoms with Gasteiger partial charge in [0.15, 0.2) is 11.5 Å². The first-order valence-corrected chi connectivity index (χ1v) is 7.47. The average molecular weight is 348 g/mol. The maximum atomic E-state index is 12.1. The summed E-state index contributed by atoms with van der Waals surface area (Å²) >= 11 is 5.89. The lowest BCUT2D eigenvalue weighted by molar-refractivity contribution is 0.224. The van der Waals surface area contributed by atoms with Crippen LogP contribution in [0.4, 0.5) is 10.5 Å². The molecule has 0 unspecified atom stereocenters. The van der Waals surface area contributed by atoms with Gasteiger partial charge in [-0.05, 0) is 42.0 Å². The second-order valence-electron chi connectivity index (χ2n) is 4.82. The molecule has 0 atom stereocenters. The zero-order chi connectivity index (χ0) is 17.5. The van der Waals surface area contributed by atoms with Crippen LogP contribution >= 0.6 is 11.6 Å². The van der Waals surface area contributed by atoms with Gasteiger partial charge in [0.2, 0.25) is 0 Å². The molecular weight excluding hydrogens is 330 g/mol. The van der Waals surface area contributed by atoms with Gasteiger partial charge < -0.3 is 14.8 Å². The highest BCUT2D eigenvalue weighted by Crippen LogP contribution is 2.26. The smallest absolute Gasteiger partial charge is 0.341 e. The monoisotopic (exact) mass is 347 g/mol. The first-order chi connectivity index (χ1) is 11.5. The third-order valence-corrected chi connectivity index (χ3v) is 3.39. The normalized spacial score (nSPS) is 10.5. The van der Waals surface area contributed by atoms with Gasteiger partial charge in [0, 0.05) is 17.8 Å². The van der Waals surface area contributed by atoms with Gasteiger partial charge in [-0.3, -0.25) is 0 Å². The molecule has 0 saturated carbocycles. The Morgan fingerprint density at radius 2 is 1.92 bits per heavy atom. The lowest BCUT2D eigenvalue weighted by Crippen LogP contribution is -2.26. The Kier molecular flexibility index (Phi) is 6.03. The van der Waals surface area contributed by atoms with E-state index in [2.05, 4.69) is 10.4 Å². The van der Waals surface area contributed by atoms with Crippen LogP contribution in [0, 0.1) is 0 Å². The van der Waals surface area contributed by atoms with Crippen molar-refractivity contribution >= 4 is 29.5 Å². The van der Waals surface area contributed by atoms with Crippen molar-refractivity contribution in [2.45, 2.75) is 0 Å². The predicted molar refractivity (Wildman–Crippen MR) is 95.4 cm³/mol. The Labute approximate surface area is 145 Å². The van der Waals surface area contributed by atoms with E-state index in [4.69, 9.17) is 21.1 Å². The molecule has 0 radical (unpaired) electrons. The van der Waals surface area contributed by atoms with Gasteiger partial charge in [-0.25, -0.2) is 9.80 Å². The zero-order valence-corrected chi connectivity index (χ0v) is 14.4. The summed E-state index contributed by atoms with van der Waals surface area (Å²) in [5.41, 5.74) is 1.37. The van der Waals surface area contributed by atoms with Crippen molar-refractivity contribution in [1.29, 1.82) is 0 Å². The van der Waals surface area contributed by atoms with Gasteiger partial charge in [0.25, 0.3) is 0 Å². The molecule has 0 saturated heterocycles. The average Bonchev–Trinajstić information content (AvgIpc) is 2.59. The number of amides is 2. The molecular formula is C17H18ClN3O3. The fourth-order valence-corrected chi connectivity index (χ4v) is 2.10. The van der Waals surface area contributed by atoms with Crippen molar-refractivity contribution in [3.63, 3.8) is 0 Å². The minimum absolute atomic E-state index is 0.381. The molecule has 2 rings (SSSR count). The first kappa shape index (κ1) is 17.6. The number of hydrogen-bond acceptors (Lipinski definition) is 4. The van der Waals surface area contributed by atoms with Crippen LogP contribution in [0.2, 0.25) is 5.02 Å². The molecule has 2 aromatic rings. The molecule has 0 aliphatic carbocycles. The van der Waals surface area contributed by atoms with Gasteiger partial charge in [-0.1, -0.05) is 17.7 Å². The first-order valence-electron chi connectivity index (χ1n) is 7.09. The number of methoxy groups -OCH3 is 2. The molecule has 126 valence electrons. The van der Waals surface area contributed by atoms with E-state index >= 15 is 0 Å². The van der Waals surface area contributed by atoms with Crippen molar-refractivity contribution in [1.82, 2.24) is 5.01 Å². The number of rotatable bonds is 5. The van der Waals surface area contributed by atoms with E-state index in [1.54, 1.807) is 63.9 Å². The summed E-state index contributed by atoms with van der Waals surface area (Å²) in [5.74, 6) is 1.22. The lowest BCUT2D eigenvalue weighted by atomic mass is 10.2. The van der Waals surface area contributed by atoms with Crippen LogP contribution in [0.3, 0.4) is 0 Å². The fraction of sp³-hybridized carbons (Fsp3) is 0.176. The molecule has 0 heterocycles. The highest BCUT2D eigenvalue weighted by atomic mass is 35.5. The molecule has 0 aromatic heterocycles. The Balaban J connectivity index is 2.04. The van der Waals surface area contributed by atoms with E-state index < -0.39 is 0 Å². The Hall–Kier alpha value is -2.73. The molecule has 0 bridgehead atoms. The number of hydrogen-bond donors (Lipinski definition) is 1. The van der Waals surface area contributed by atoms with E-state index in [0.29, 0.717) is 22.2 Å². The van der Waals surface area contributed by atoms with E-state index in [1.165, 1.54) is 5.01 Å². The van der Waals surface area contributed by atoms with E-state index in [9.17, 15) is 4.79 Å². The second kappa shape index (κ2) is 8.21. The quantitative estimate of drug-likeness (QED) is 0.660.